The van der Waals surface area contributed by atoms with E-state index in [1.54, 1.807) is 6.20 Å². The van der Waals surface area contributed by atoms with Gasteiger partial charge in [-0.3, -0.25) is 4.57 Å². The predicted octanol–water partition coefficient (Wildman–Crippen LogP) is 2.79. The fourth-order valence-electron chi connectivity index (χ4n) is 3.41. The molecule has 0 aromatic carbocycles. The van der Waals surface area contributed by atoms with E-state index in [2.05, 4.69) is 32.0 Å². The first kappa shape index (κ1) is 13.9. The van der Waals surface area contributed by atoms with Crippen molar-refractivity contribution in [3.05, 3.63) is 23.1 Å². The van der Waals surface area contributed by atoms with Gasteiger partial charge in [0.05, 0.1) is 12.2 Å². The van der Waals surface area contributed by atoms with E-state index in [0.29, 0.717) is 12.8 Å². The summed E-state index contributed by atoms with van der Waals surface area (Å²) in [4.78, 5) is 10.7. The Morgan fingerprint density at radius 2 is 2.14 bits per heavy atom. The first-order chi connectivity index (χ1) is 10.6. The highest BCUT2D eigenvalue weighted by atomic mass is 35.5. The fourth-order valence-corrected chi connectivity index (χ4v) is 3.54. The molecule has 8 heteroatoms. The molecule has 2 aromatic rings. The largest absolute Gasteiger partial charge is 0.341 e. The number of hydrogen-bond acceptors (Lipinski definition) is 5. The Balaban J connectivity index is 1.91. The van der Waals surface area contributed by atoms with Crippen LogP contribution < -0.4 is 4.90 Å². The molecule has 0 amide bonds. The normalized spacial score (nSPS) is 26.4. The van der Waals surface area contributed by atoms with Gasteiger partial charge in [-0.05, 0) is 37.8 Å². The minimum Gasteiger partial charge on any atom is -0.341 e. The number of anilines is 1. The Kier molecular flexibility index (Phi) is 3.07. The van der Waals surface area contributed by atoms with Gasteiger partial charge in [0.1, 0.15) is 17.7 Å². The Morgan fingerprint density at radius 1 is 1.36 bits per heavy atom. The van der Waals surface area contributed by atoms with Crippen LogP contribution in [0.1, 0.15) is 43.9 Å². The number of nitrogens with zero attached hydrogens (tertiary/aromatic N) is 6. The summed E-state index contributed by atoms with van der Waals surface area (Å²) in [5, 5.41) is 8.72. The second kappa shape index (κ2) is 4.87. The van der Waals surface area contributed by atoms with E-state index in [1.165, 1.54) is 0 Å². The van der Waals surface area contributed by atoms with E-state index in [9.17, 15) is 4.39 Å². The lowest BCUT2D eigenvalue weighted by Crippen LogP contribution is -2.50. The standard InChI is InChI=1S/C14H16ClFN6/c1-3-10-13-20-19-7(2)21(13)11-6-17-14(15)18-12(11)22(10)9-4-8(16)5-9/h6,8-10H,3-5H2,1-2H3. The van der Waals surface area contributed by atoms with Crippen molar-refractivity contribution in [1.82, 2.24) is 24.7 Å². The molecule has 6 nitrogen and oxygen atoms in total. The summed E-state index contributed by atoms with van der Waals surface area (Å²) in [7, 11) is 0. The zero-order valence-corrected chi connectivity index (χ0v) is 13.1. The maximum absolute atomic E-state index is 13.4. The third kappa shape index (κ3) is 1.84. The molecule has 22 heavy (non-hydrogen) atoms. The lowest BCUT2D eigenvalue weighted by molar-refractivity contribution is 0.164. The van der Waals surface area contributed by atoms with Gasteiger partial charge in [-0.1, -0.05) is 6.92 Å². The van der Waals surface area contributed by atoms with Crippen LogP contribution in [-0.4, -0.2) is 36.9 Å². The van der Waals surface area contributed by atoms with Crippen molar-refractivity contribution in [3.8, 4) is 5.69 Å². The number of fused-ring (bicyclic) bond motifs is 3. The molecule has 1 aliphatic carbocycles. The van der Waals surface area contributed by atoms with Crippen LogP contribution >= 0.6 is 11.6 Å². The molecule has 2 aliphatic rings. The maximum atomic E-state index is 13.4. The van der Waals surface area contributed by atoms with Crippen molar-refractivity contribution in [2.24, 2.45) is 0 Å². The molecule has 3 heterocycles. The van der Waals surface area contributed by atoms with Crippen molar-refractivity contribution in [1.29, 1.82) is 0 Å². The summed E-state index contributed by atoms with van der Waals surface area (Å²) < 4.78 is 15.4. The molecule has 0 radical (unpaired) electrons. The third-order valence-corrected chi connectivity index (χ3v) is 4.71. The van der Waals surface area contributed by atoms with E-state index >= 15 is 0 Å². The summed E-state index contributed by atoms with van der Waals surface area (Å²) in [6.07, 6.45) is 2.83. The summed E-state index contributed by atoms with van der Waals surface area (Å²) in [6.45, 7) is 3.99. The average Bonchev–Trinajstić information content (AvgIpc) is 2.85. The average molecular weight is 323 g/mol. The highest BCUT2D eigenvalue weighted by Crippen LogP contribution is 2.44. The summed E-state index contributed by atoms with van der Waals surface area (Å²) >= 11 is 6.00. The fraction of sp³-hybridized carbons (Fsp3) is 0.571. The Morgan fingerprint density at radius 3 is 2.82 bits per heavy atom. The molecule has 1 unspecified atom stereocenters. The van der Waals surface area contributed by atoms with Crippen molar-refractivity contribution in [2.45, 2.75) is 51.4 Å². The monoisotopic (exact) mass is 322 g/mol. The van der Waals surface area contributed by atoms with Crippen LogP contribution in [-0.2, 0) is 0 Å². The summed E-state index contributed by atoms with van der Waals surface area (Å²) in [6, 6.07) is 0.146. The molecular formula is C14H16ClFN6. The van der Waals surface area contributed by atoms with Crippen LogP contribution in [0.2, 0.25) is 5.28 Å². The molecule has 116 valence electrons. The summed E-state index contributed by atoms with van der Waals surface area (Å²) in [5.74, 6) is 2.40. The van der Waals surface area contributed by atoms with Crippen molar-refractivity contribution in [3.63, 3.8) is 0 Å². The van der Waals surface area contributed by atoms with E-state index in [1.807, 2.05) is 11.5 Å². The zero-order valence-electron chi connectivity index (χ0n) is 12.4. The molecule has 2 aromatic heterocycles. The van der Waals surface area contributed by atoms with E-state index in [0.717, 1.165) is 29.6 Å². The van der Waals surface area contributed by atoms with Gasteiger partial charge in [0.2, 0.25) is 5.28 Å². The third-order valence-electron chi connectivity index (χ3n) is 4.53. The number of aryl methyl sites for hydroxylation is 1. The van der Waals surface area contributed by atoms with Crippen LogP contribution in [0.3, 0.4) is 0 Å². The quantitative estimate of drug-likeness (QED) is 0.796. The molecular weight excluding hydrogens is 307 g/mol. The van der Waals surface area contributed by atoms with E-state index in [-0.39, 0.29) is 17.4 Å². The zero-order chi connectivity index (χ0) is 15.4. The number of halogens is 2. The number of aromatic nitrogens is 5. The first-order valence-electron chi connectivity index (χ1n) is 7.47. The predicted molar refractivity (Wildman–Crippen MR) is 80.1 cm³/mol. The molecule has 0 N–H and O–H groups in total. The molecule has 0 spiro atoms. The first-order valence-corrected chi connectivity index (χ1v) is 7.85. The van der Waals surface area contributed by atoms with Crippen LogP contribution in [0.5, 0.6) is 0 Å². The molecule has 1 aliphatic heterocycles. The Bertz CT molecular complexity index is 726. The lowest BCUT2D eigenvalue weighted by Gasteiger charge is -2.46. The molecule has 1 fully saturated rings. The summed E-state index contributed by atoms with van der Waals surface area (Å²) in [5.41, 5.74) is 0.814. The molecule has 0 bridgehead atoms. The van der Waals surface area contributed by atoms with E-state index < -0.39 is 6.17 Å². The lowest BCUT2D eigenvalue weighted by atomic mass is 9.87. The Labute approximate surface area is 132 Å². The van der Waals surface area contributed by atoms with Gasteiger partial charge < -0.3 is 4.90 Å². The van der Waals surface area contributed by atoms with Gasteiger partial charge in [-0.15, -0.1) is 10.2 Å². The maximum Gasteiger partial charge on any atom is 0.224 e. The van der Waals surface area contributed by atoms with Gasteiger partial charge in [0, 0.05) is 6.04 Å². The highest BCUT2D eigenvalue weighted by Gasteiger charge is 2.43. The van der Waals surface area contributed by atoms with Crippen LogP contribution in [0.25, 0.3) is 5.69 Å². The van der Waals surface area contributed by atoms with Crippen LogP contribution in [0, 0.1) is 6.92 Å². The molecule has 1 saturated carbocycles. The second-order valence-corrected chi connectivity index (χ2v) is 6.18. The van der Waals surface area contributed by atoms with Crippen molar-refractivity contribution >= 4 is 17.4 Å². The van der Waals surface area contributed by atoms with Gasteiger partial charge in [-0.2, -0.15) is 4.98 Å². The minimum atomic E-state index is -0.732. The number of alkyl halides is 1. The number of rotatable bonds is 2. The SMILES string of the molecule is CCC1c2nnc(C)n2-c2cnc(Cl)nc2N1C1CC(F)C1. The molecule has 0 saturated heterocycles. The number of hydrogen-bond donors (Lipinski definition) is 0. The van der Waals surface area contributed by atoms with Gasteiger partial charge in [-0.25, -0.2) is 9.37 Å². The van der Waals surface area contributed by atoms with Gasteiger partial charge >= 0.3 is 0 Å². The molecule has 4 rings (SSSR count). The topological polar surface area (TPSA) is 59.7 Å². The smallest absolute Gasteiger partial charge is 0.224 e. The van der Waals surface area contributed by atoms with Crippen LogP contribution in [0.4, 0.5) is 10.2 Å². The van der Waals surface area contributed by atoms with Gasteiger partial charge in [0.25, 0.3) is 0 Å². The second-order valence-electron chi connectivity index (χ2n) is 5.84. The van der Waals surface area contributed by atoms with Crippen molar-refractivity contribution < 1.29 is 4.39 Å². The van der Waals surface area contributed by atoms with E-state index in [4.69, 9.17) is 11.6 Å². The highest BCUT2D eigenvalue weighted by molar-refractivity contribution is 6.28. The van der Waals surface area contributed by atoms with Crippen LogP contribution in [0.15, 0.2) is 6.20 Å². The molecule has 1 atom stereocenters. The van der Waals surface area contributed by atoms with Gasteiger partial charge in [0.15, 0.2) is 11.6 Å². The Hall–Kier alpha value is -1.76. The minimum absolute atomic E-state index is 0.0252. The van der Waals surface area contributed by atoms with Crippen molar-refractivity contribution in [2.75, 3.05) is 4.90 Å².